The molecule has 0 saturated carbocycles. The van der Waals surface area contributed by atoms with Gasteiger partial charge in [-0.1, -0.05) is 22.0 Å². The van der Waals surface area contributed by atoms with Crippen LogP contribution in [0.1, 0.15) is 18.0 Å². The van der Waals surface area contributed by atoms with Gasteiger partial charge in [0.15, 0.2) is 0 Å². The molecule has 72 valence electrons. The van der Waals surface area contributed by atoms with Crippen molar-refractivity contribution in [2.75, 3.05) is 6.67 Å². The summed E-state index contributed by atoms with van der Waals surface area (Å²) in [7, 11) is 0. The molecule has 0 saturated heterocycles. The second-order valence-corrected chi connectivity index (χ2v) is 3.57. The molecule has 0 unspecified atom stereocenters. The Labute approximate surface area is 84.1 Å². The van der Waals surface area contributed by atoms with Crippen molar-refractivity contribution in [2.45, 2.75) is 12.5 Å². The second-order valence-electron chi connectivity index (χ2n) is 2.72. The fourth-order valence-corrected chi connectivity index (χ4v) is 1.76. The molecule has 0 fully saturated rings. The summed E-state index contributed by atoms with van der Waals surface area (Å²) in [6, 6.07) is 4.00. The molecule has 0 aliphatic carbocycles. The molecule has 0 radical (unpaired) electrons. The van der Waals surface area contributed by atoms with E-state index in [9.17, 15) is 8.78 Å². The van der Waals surface area contributed by atoms with E-state index in [1.54, 1.807) is 12.1 Å². The SMILES string of the molecule is N[C@H](CCF)c1c(F)cccc1Br. The lowest BCUT2D eigenvalue weighted by molar-refractivity contribution is 0.434. The van der Waals surface area contributed by atoms with E-state index in [4.69, 9.17) is 5.73 Å². The van der Waals surface area contributed by atoms with E-state index >= 15 is 0 Å². The molecule has 0 aliphatic rings. The fourth-order valence-electron chi connectivity index (χ4n) is 1.13. The second kappa shape index (κ2) is 4.67. The molecule has 1 atom stereocenters. The Morgan fingerprint density at radius 2 is 2.15 bits per heavy atom. The van der Waals surface area contributed by atoms with Crippen molar-refractivity contribution in [1.82, 2.24) is 0 Å². The molecule has 4 heteroatoms. The van der Waals surface area contributed by atoms with E-state index in [2.05, 4.69) is 15.9 Å². The molecule has 0 aliphatic heterocycles. The molecule has 0 bridgehead atoms. The Morgan fingerprint density at radius 1 is 1.46 bits per heavy atom. The first kappa shape index (κ1) is 10.6. The lowest BCUT2D eigenvalue weighted by atomic mass is 10.1. The molecule has 1 aromatic rings. The van der Waals surface area contributed by atoms with Crippen molar-refractivity contribution in [3.8, 4) is 0 Å². The Balaban J connectivity index is 2.98. The smallest absolute Gasteiger partial charge is 0.129 e. The number of hydrogen-bond acceptors (Lipinski definition) is 1. The molecule has 1 aromatic carbocycles. The van der Waals surface area contributed by atoms with Gasteiger partial charge in [-0.05, 0) is 18.6 Å². The van der Waals surface area contributed by atoms with Crippen molar-refractivity contribution in [3.63, 3.8) is 0 Å². The third-order valence-electron chi connectivity index (χ3n) is 1.79. The van der Waals surface area contributed by atoms with Crippen LogP contribution in [0.2, 0.25) is 0 Å². The van der Waals surface area contributed by atoms with Crippen molar-refractivity contribution < 1.29 is 8.78 Å². The van der Waals surface area contributed by atoms with Gasteiger partial charge in [-0.2, -0.15) is 0 Å². The predicted molar refractivity (Wildman–Crippen MR) is 51.6 cm³/mol. The van der Waals surface area contributed by atoms with E-state index in [0.29, 0.717) is 10.0 Å². The minimum atomic E-state index is -0.583. The standard InChI is InChI=1S/C9H10BrF2N/c10-6-2-1-3-7(12)9(6)8(13)4-5-11/h1-3,8H,4-5,13H2/t8-/m1/s1. The quantitative estimate of drug-likeness (QED) is 0.876. The molecule has 0 heterocycles. The maximum atomic E-state index is 13.2. The van der Waals surface area contributed by atoms with E-state index in [1.807, 2.05) is 0 Å². The fraction of sp³-hybridized carbons (Fsp3) is 0.333. The van der Waals surface area contributed by atoms with Crippen molar-refractivity contribution >= 4 is 15.9 Å². The van der Waals surface area contributed by atoms with Gasteiger partial charge in [0.05, 0.1) is 6.67 Å². The van der Waals surface area contributed by atoms with Crippen LogP contribution >= 0.6 is 15.9 Å². The first-order chi connectivity index (χ1) is 6.16. The summed E-state index contributed by atoms with van der Waals surface area (Å²) < 4.78 is 25.8. The van der Waals surface area contributed by atoms with Crippen LogP contribution < -0.4 is 5.73 Å². The molecule has 0 amide bonds. The zero-order valence-electron chi connectivity index (χ0n) is 6.93. The normalized spacial score (nSPS) is 12.9. The van der Waals surface area contributed by atoms with Crippen LogP contribution in [0.4, 0.5) is 8.78 Å². The summed E-state index contributed by atoms with van der Waals surface area (Å²) in [5, 5.41) is 0. The van der Waals surface area contributed by atoms with Gasteiger partial charge in [0.2, 0.25) is 0 Å². The van der Waals surface area contributed by atoms with Gasteiger partial charge in [0, 0.05) is 16.1 Å². The molecule has 2 N–H and O–H groups in total. The van der Waals surface area contributed by atoms with Crippen molar-refractivity contribution in [3.05, 3.63) is 34.1 Å². The highest BCUT2D eigenvalue weighted by Crippen LogP contribution is 2.26. The summed E-state index contributed by atoms with van der Waals surface area (Å²) in [4.78, 5) is 0. The van der Waals surface area contributed by atoms with E-state index in [1.165, 1.54) is 6.07 Å². The first-order valence-electron chi connectivity index (χ1n) is 3.92. The van der Waals surface area contributed by atoms with Crippen LogP contribution in [0.5, 0.6) is 0 Å². The van der Waals surface area contributed by atoms with E-state index in [0.717, 1.165) is 0 Å². The maximum Gasteiger partial charge on any atom is 0.129 e. The highest BCUT2D eigenvalue weighted by atomic mass is 79.9. The van der Waals surface area contributed by atoms with Gasteiger partial charge in [0.25, 0.3) is 0 Å². The number of hydrogen-bond donors (Lipinski definition) is 1. The van der Waals surface area contributed by atoms with Crippen LogP contribution in [0.15, 0.2) is 22.7 Å². The summed E-state index contributed by atoms with van der Waals surface area (Å²) in [6.45, 7) is -0.540. The number of alkyl halides is 1. The van der Waals surface area contributed by atoms with Crippen molar-refractivity contribution in [2.24, 2.45) is 5.73 Å². The lowest BCUT2D eigenvalue weighted by Gasteiger charge is -2.12. The average Bonchev–Trinajstić information content (AvgIpc) is 2.04. The molecular formula is C9H10BrF2N. The Hall–Kier alpha value is -0.480. The van der Waals surface area contributed by atoms with Crippen LogP contribution in [-0.4, -0.2) is 6.67 Å². The number of benzene rings is 1. The van der Waals surface area contributed by atoms with Gasteiger partial charge < -0.3 is 5.73 Å². The molecule has 1 rings (SSSR count). The van der Waals surface area contributed by atoms with Crippen LogP contribution in [0.3, 0.4) is 0 Å². The minimum Gasteiger partial charge on any atom is -0.324 e. The molecular weight excluding hydrogens is 240 g/mol. The van der Waals surface area contributed by atoms with E-state index < -0.39 is 18.5 Å². The monoisotopic (exact) mass is 249 g/mol. The number of halogens is 3. The zero-order chi connectivity index (χ0) is 9.84. The Morgan fingerprint density at radius 3 is 2.69 bits per heavy atom. The third kappa shape index (κ3) is 2.48. The average molecular weight is 250 g/mol. The first-order valence-corrected chi connectivity index (χ1v) is 4.71. The van der Waals surface area contributed by atoms with Crippen LogP contribution in [0.25, 0.3) is 0 Å². The number of rotatable bonds is 3. The van der Waals surface area contributed by atoms with Crippen molar-refractivity contribution in [1.29, 1.82) is 0 Å². The molecule has 1 nitrogen and oxygen atoms in total. The maximum absolute atomic E-state index is 13.2. The van der Waals surface area contributed by atoms with Gasteiger partial charge in [-0.3, -0.25) is 4.39 Å². The summed E-state index contributed by atoms with van der Waals surface area (Å²) >= 11 is 3.18. The highest BCUT2D eigenvalue weighted by molar-refractivity contribution is 9.10. The van der Waals surface area contributed by atoms with E-state index in [-0.39, 0.29) is 6.42 Å². The highest BCUT2D eigenvalue weighted by Gasteiger charge is 2.14. The predicted octanol–water partition coefficient (Wildman–Crippen LogP) is 2.95. The van der Waals surface area contributed by atoms with Gasteiger partial charge in [-0.15, -0.1) is 0 Å². The molecule has 13 heavy (non-hydrogen) atoms. The third-order valence-corrected chi connectivity index (χ3v) is 2.48. The molecule has 0 aromatic heterocycles. The Bertz CT molecular complexity index is 271. The minimum absolute atomic E-state index is 0.138. The van der Waals surface area contributed by atoms with Gasteiger partial charge in [0.1, 0.15) is 5.82 Å². The Kier molecular flexibility index (Phi) is 3.81. The largest absolute Gasteiger partial charge is 0.324 e. The zero-order valence-corrected chi connectivity index (χ0v) is 8.52. The summed E-state index contributed by atoms with van der Waals surface area (Å²) in [5.41, 5.74) is 5.94. The summed E-state index contributed by atoms with van der Waals surface area (Å²) in [5.74, 6) is -0.393. The van der Waals surface area contributed by atoms with Crippen LogP contribution in [0, 0.1) is 5.82 Å². The summed E-state index contributed by atoms with van der Waals surface area (Å²) in [6.07, 6.45) is 0.138. The van der Waals surface area contributed by atoms with Gasteiger partial charge >= 0.3 is 0 Å². The van der Waals surface area contributed by atoms with Crippen LogP contribution in [-0.2, 0) is 0 Å². The molecule has 0 spiro atoms. The topological polar surface area (TPSA) is 26.0 Å². The lowest BCUT2D eigenvalue weighted by Crippen LogP contribution is -2.13. The number of nitrogens with two attached hydrogens (primary N) is 1. The van der Waals surface area contributed by atoms with Gasteiger partial charge in [-0.25, -0.2) is 4.39 Å².